The SMILES string of the molecule is CCNC(=NCc1nc(-c2cccc(Cl)c2)no1)NC1CCN(C(=O)C2CCCC2)C1.I. The third kappa shape index (κ3) is 6.34. The van der Waals surface area contributed by atoms with Gasteiger partial charge < -0.3 is 20.1 Å². The molecule has 2 aliphatic rings. The zero-order valence-corrected chi connectivity index (χ0v) is 21.3. The lowest BCUT2D eigenvalue weighted by Crippen LogP contribution is -2.45. The van der Waals surface area contributed by atoms with Crippen molar-refractivity contribution in [3.8, 4) is 11.4 Å². The minimum Gasteiger partial charge on any atom is -0.357 e. The molecular formula is C22H30ClIN6O2. The van der Waals surface area contributed by atoms with E-state index in [-0.39, 0.29) is 42.5 Å². The lowest BCUT2D eigenvalue weighted by Gasteiger charge is -2.21. The smallest absolute Gasteiger partial charge is 0.248 e. The van der Waals surface area contributed by atoms with Gasteiger partial charge in [-0.1, -0.05) is 41.7 Å². The predicted molar refractivity (Wildman–Crippen MR) is 135 cm³/mol. The molecule has 1 amide bonds. The van der Waals surface area contributed by atoms with Gasteiger partial charge in [-0.05, 0) is 38.3 Å². The van der Waals surface area contributed by atoms with Crippen molar-refractivity contribution < 1.29 is 9.32 Å². The standard InChI is InChI=1S/C22H29ClN6O2.HI/c1-2-24-22(26-18-10-11-29(14-18)21(30)15-6-3-4-7-15)25-13-19-27-20(28-31-19)16-8-5-9-17(23)12-16;/h5,8-9,12,15,18H,2-4,6-7,10-11,13-14H2,1H3,(H2,24,25,26);1H. The fourth-order valence-electron chi connectivity index (χ4n) is 4.23. The highest BCUT2D eigenvalue weighted by Gasteiger charge is 2.32. The molecule has 1 aromatic heterocycles. The summed E-state index contributed by atoms with van der Waals surface area (Å²) in [6.45, 7) is 4.55. The van der Waals surface area contributed by atoms with Crippen molar-refractivity contribution >= 4 is 47.4 Å². The highest BCUT2D eigenvalue weighted by atomic mass is 127. The minimum absolute atomic E-state index is 0. The molecule has 2 fully saturated rings. The summed E-state index contributed by atoms with van der Waals surface area (Å²) in [6, 6.07) is 7.52. The molecular weight excluding hydrogens is 543 g/mol. The Kier molecular flexibility index (Phi) is 9.15. The van der Waals surface area contributed by atoms with Gasteiger partial charge in [-0.3, -0.25) is 4.79 Å². The maximum atomic E-state index is 12.7. The van der Waals surface area contributed by atoms with Crippen molar-refractivity contribution in [2.75, 3.05) is 19.6 Å². The number of benzene rings is 1. The van der Waals surface area contributed by atoms with Gasteiger partial charge in [0, 0.05) is 42.2 Å². The molecule has 10 heteroatoms. The average Bonchev–Trinajstić information content (AvgIpc) is 3.54. The van der Waals surface area contributed by atoms with Gasteiger partial charge in [0.15, 0.2) is 5.96 Å². The molecule has 4 rings (SSSR count). The first-order chi connectivity index (χ1) is 15.1. The molecule has 1 unspecified atom stereocenters. The number of carbonyl (C=O) groups is 1. The van der Waals surface area contributed by atoms with Crippen LogP contribution in [-0.4, -0.2) is 52.6 Å². The molecule has 1 aliphatic carbocycles. The quantitative estimate of drug-likeness (QED) is 0.310. The van der Waals surface area contributed by atoms with E-state index in [0.29, 0.717) is 28.6 Å². The molecule has 1 aromatic carbocycles. The molecule has 1 atom stereocenters. The van der Waals surface area contributed by atoms with Crippen LogP contribution in [0.3, 0.4) is 0 Å². The van der Waals surface area contributed by atoms with Crippen LogP contribution < -0.4 is 10.6 Å². The van der Waals surface area contributed by atoms with Crippen molar-refractivity contribution in [2.45, 2.75) is 51.6 Å². The first-order valence-corrected chi connectivity index (χ1v) is 11.4. The van der Waals surface area contributed by atoms with E-state index >= 15 is 0 Å². The molecule has 174 valence electrons. The zero-order valence-electron chi connectivity index (χ0n) is 18.2. The highest BCUT2D eigenvalue weighted by molar-refractivity contribution is 14.0. The molecule has 1 aliphatic heterocycles. The van der Waals surface area contributed by atoms with Crippen LogP contribution in [0, 0.1) is 5.92 Å². The molecule has 1 saturated carbocycles. The van der Waals surface area contributed by atoms with E-state index in [0.717, 1.165) is 44.5 Å². The Labute approximate surface area is 210 Å². The monoisotopic (exact) mass is 572 g/mol. The number of nitrogens with one attached hydrogen (secondary N) is 2. The van der Waals surface area contributed by atoms with Gasteiger partial charge >= 0.3 is 0 Å². The predicted octanol–water partition coefficient (Wildman–Crippen LogP) is 3.85. The summed E-state index contributed by atoms with van der Waals surface area (Å²) in [4.78, 5) is 23.7. The number of hydrogen-bond acceptors (Lipinski definition) is 5. The second-order valence-electron chi connectivity index (χ2n) is 8.11. The molecule has 32 heavy (non-hydrogen) atoms. The van der Waals surface area contributed by atoms with Gasteiger partial charge in [-0.25, -0.2) is 4.99 Å². The van der Waals surface area contributed by atoms with Crippen molar-refractivity contribution in [1.29, 1.82) is 0 Å². The second-order valence-corrected chi connectivity index (χ2v) is 8.55. The first-order valence-electron chi connectivity index (χ1n) is 11.0. The molecule has 0 radical (unpaired) electrons. The first kappa shape index (κ1) is 24.8. The van der Waals surface area contributed by atoms with E-state index in [1.54, 1.807) is 12.1 Å². The fourth-order valence-corrected chi connectivity index (χ4v) is 4.42. The number of aliphatic imine (C=N–C) groups is 1. The van der Waals surface area contributed by atoms with Gasteiger partial charge in [0.05, 0.1) is 0 Å². The Bertz CT molecular complexity index is 931. The summed E-state index contributed by atoms with van der Waals surface area (Å²) in [7, 11) is 0. The van der Waals surface area contributed by atoms with Gasteiger partial charge in [-0.15, -0.1) is 24.0 Å². The molecule has 8 nitrogen and oxygen atoms in total. The molecule has 2 aromatic rings. The number of likely N-dealkylation sites (tertiary alicyclic amines) is 1. The van der Waals surface area contributed by atoms with E-state index < -0.39 is 0 Å². The van der Waals surface area contributed by atoms with E-state index in [1.807, 2.05) is 24.0 Å². The normalized spacial score (nSPS) is 19.1. The average molecular weight is 573 g/mol. The van der Waals surface area contributed by atoms with Crippen LogP contribution in [0.25, 0.3) is 11.4 Å². The van der Waals surface area contributed by atoms with E-state index in [9.17, 15) is 4.79 Å². The number of halogens is 2. The highest BCUT2D eigenvalue weighted by Crippen LogP contribution is 2.28. The van der Waals surface area contributed by atoms with Crippen molar-refractivity contribution in [2.24, 2.45) is 10.9 Å². The number of aromatic nitrogens is 2. The van der Waals surface area contributed by atoms with Crippen LogP contribution in [0.4, 0.5) is 0 Å². The maximum Gasteiger partial charge on any atom is 0.248 e. The van der Waals surface area contributed by atoms with Crippen molar-refractivity contribution in [3.63, 3.8) is 0 Å². The van der Waals surface area contributed by atoms with Gasteiger partial charge in [-0.2, -0.15) is 4.98 Å². The van der Waals surface area contributed by atoms with Gasteiger partial charge in [0.1, 0.15) is 6.54 Å². The van der Waals surface area contributed by atoms with Crippen LogP contribution in [0.5, 0.6) is 0 Å². The minimum atomic E-state index is 0. The number of amides is 1. The molecule has 1 saturated heterocycles. The van der Waals surface area contributed by atoms with Crippen LogP contribution in [0.15, 0.2) is 33.8 Å². The summed E-state index contributed by atoms with van der Waals surface area (Å²) >= 11 is 6.04. The van der Waals surface area contributed by atoms with E-state index in [4.69, 9.17) is 16.1 Å². The molecule has 2 heterocycles. The summed E-state index contributed by atoms with van der Waals surface area (Å²) in [5.41, 5.74) is 0.800. The largest absolute Gasteiger partial charge is 0.357 e. The number of rotatable bonds is 6. The third-order valence-corrected chi connectivity index (χ3v) is 6.05. The topological polar surface area (TPSA) is 95.7 Å². The number of guanidine groups is 1. The Morgan fingerprint density at radius 3 is 2.88 bits per heavy atom. The number of carbonyl (C=O) groups excluding carboxylic acids is 1. The Morgan fingerprint density at radius 1 is 1.31 bits per heavy atom. The van der Waals surface area contributed by atoms with E-state index in [2.05, 4.69) is 25.8 Å². The lowest BCUT2D eigenvalue weighted by molar-refractivity contribution is -0.134. The number of hydrogen-bond donors (Lipinski definition) is 2. The summed E-state index contributed by atoms with van der Waals surface area (Å²) < 4.78 is 5.34. The van der Waals surface area contributed by atoms with Crippen LogP contribution in [0.1, 0.15) is 44.9 Å². The van der Waals surface area contributed by atoms with Crippen LogP contribution in [-0.2, 0) is 11.3 Å². The summed E-state index contributed by atoms with van der Waals surface area (Å²) in [5, 5.41) is 11.3. The van der Waals surface area contributed by atoms with Crippen LogP contribution in [0.2, 0.25) is 5.02 Å². The number of nitrogens with zero attached hydrogens (tertiary/aromatic N) is 4. The van der Waals surface area contributed by atoms with Crippen molar-refractivity contribution in [1.82, 2.24) is 25.7 Å². The maximum absolute atomic E-state index is 12.7. The zero-order chi connectivity index (χ0) is 21.6. The molecule has 0 spiro atoms. The fraction of sp³-hybridized carbons (Fsp3) is 0.545. The Morgan fingerprint density at radius 2 is 2.12 bits per heavy atom. The molecule has 0 bridgehead atoms. The summed E-state index contributed by atoms with van der Waals surface area (Å²) in [6.07, 6.45) is 5.36. The van der Waals surface area contributed by atoms with Crippen molar-refractivity contribution in [3.05, 3.63) is 35.2 Å². The Hall–Kier alpha value is -1.88. The summed E-state index contributed by atoms with van der Waals surface area (Å²) in [5.74, 6) is 2.15. The third-order valence-electron chi connectivity index (χ3n) is 5.81. The van der Waals surface area contributed by atoms with E-state index in [1.165, 1.54) is 12.8 Å². The Balaban J connectivity index is 0.00000289. The lowest BCUT2D eigenvalue weighted by atomic mass is 10.1. The molecule has 2 N–H and O–H groups in total. The second kappa shape index (κ2) is 11.8. The van der Waals surface area contributed by atoms with Crippen LogP contribution >= 0.6 is 35.6 Å². The van der Waals surface area contributed by atoms with Gasteiger partial charge in [0.25, 0.3) is 0 Å². The van der Waals surface area contributed by atoms with Gasteiger partial charge in [0.2, 0.25) is 17.6 Å².